The van der Waals surface area contributed by atoms with E-state index in [4.69, 9.17) is 9.84 Å². The average molecular weight is 246 g/mol. The minimum atomic E-state index is -0.927. The van der Waals surface area contributed by atoms with Crippen molar-refractivity contribution >= 4 is 12.0 Å². The maximum Gasteiger partial charge on any atom is 0.328 e. The molecule has 0 amide bonds. The molecule has 18 heavy (non-hydrogen) atoms. The summed E-state index contributed by atoms with van der Waals surface area (Å²) in [6, 6.07) is 7.78. The Morgan fingerprint density at radius 1 is 1.28 bits per heavy atom. The van der Waals surface area contributed by atoms with Crippen molar-refractivity contribution in [3.63, 3.8) is 0 Å². The van der Waals surface area contributed by atoms with Gasteiger partial charge in [-0.15, -0.1) is 0 Å². The van der Waals surface area contributed by atoms with Crippen LogP contribution in [0.3, 0.4) is 0 Å². The molecule has 0 aromatic heterocycles. The number of carboxylic acids is 1. The number of aliphatic carboxylic acids is 1. The van der Waals surface area contributed by atoms with Crippen LogP contribution in [0.2, 0.25) is 0 Å². The molecule has 1 fully saturated rings. The minimum Gasteiger partial charge on any atom is -0.478 e. The number of ether oxygens (including phenoxy) is 1. The van der Waals surface area contributed by atoms with Crippen molar-refractivity contribution in [2.24, 2.45) is 0 Å². The molecule has 0 saturated heterocycles. The lowest BCUT2D eigenvalue weighted by Crippen LogP contribution is -2.06. The monoisotopic (exact) mass is 246 g/mol. The highest BCUT2D eigenvalue weighted by Gasteiger charge is 2.14. The van der Waals surface area contributed by atoms with E-state index in [1.807, 2.05) is 24.3 Å². The Balaban J connectivity index is 1.85. The first-order valence-electron chi connectivity index (χ1n) is 6.35. The van der Waals surface area contributed by atoms with Crippen LogP contribution < -0.4 is 0 Å². The highest BCUT2D eigenvalue weighted by molar-refractivity contribution is 5.85. The highest BCUT2D eigenvalue weighted by atomic mass is 16.5. The van der Waals surface area contributed by atoms with Crippen molar-refractivity contribution in [3.8, 4) is 0 Å². The van der Waals surface area contributed by atoms with Crippen molar-refractivity contribution in [1.82, 2.24) is 0 Å². The predicted molar refractivity (Wildman–Crippen MR) is 70.2 cm³/mol. The van der Waals surface area contributed by atoms with Crippen molar-refractivity contribution in [1.29, 1.82) is 0 Å². The zero-order chi connectivity index (χ0) is 12.8. The smallest absolute Gasteiger partial charge is 0.328 e. The maximum absolute atomic E-state index is 10.4. The third-order valence-electron chi connectivity index (χ3n) is 3.19. The van der Waals surface area contributed by atoms with Gasteiger partial charge in [0, 0.05) is 6.08 Å². The third-order valence-corrected chi connectivity index (χ3v) is 3.19. The molecular formula is C15H18O3. The summed E-state index contributed by atoms with van der Waals surface area (Å²) in [5.41, 5.74) is 2.02. The van der Waals surface area contributed by atoms with Gasteiger partial charge in [0.05, 0.1) is 12.7 Å². The summed E-state index contributed by atoms with van der Waals surface area (Å²) < 4.78 is 5.81. The molecule has 0 spiro atoms. The molecular weight excluding hydrogens is 228 g/mol. The van der Waals surface area contributed by atoms with E-state index in [0.29, 0.717) is 12.7 Å². The lowest BCUT2D eigenvalue weighted by atomic mass is 10.1. The van der Waals surface area contributed by atoms with Gasteiger partial charge >= 0.3 is 5.97 Å². The standard InChI is InChI=1S/C15H18O3/c16-15(17)10-9-12-5-7-13(8-6-12)11-18-14-3-1-2-4-14/h5-10,14H,1-4,11H2,(H,16,17). The van der Waals surface area contributed by atoms with Gasteiger partial charge in [-0.05, 0) is 30.0 Å². The van der Waals surface area contributed by atoms with E-state index in [0.717, 1.165) is 17.2 Å². The Bertz CT molecular complexity index is 414. The number of carbonyl (C=O) groups is 1. The van der Waals surface area contributed by atoms with Gasteiger partial charge in [-0.1, -0.05) is 37.1 Å². The molecule has 2 rings (SSSR count). The lowest BCUT2D eigenvalue weighted by Gasteiger charge is -2.10. The fraction of sp³-hybridized carbons (Fsp3) is 0.400. The second-order valence-corrected chi connectivity index (χ2v) is 4.63. The fourth-order valence-electron chi connectivity index (χ4n) is 2.16. The average Bonchev–Trinajstić information content (AvgIpc) is 2.88. The molecule has 0 aliphatic heterocycles. The predicted octanol–water partition coefficient (Wildman–Crippen LogP) is 3.24. The van der Waals surface area contributed by atoms with Crippen LogP contribution in [0.15, 0.2) is 30.3 Å². The second kappa shape index (κ2) is 6.36. The summed E-state index contributed by atoms with van der Waals surface area (Å²) in [4.78, 5) is 10.4. The zero-order valence-corrected chi connectivity index (χ0v) is 10.3. The number of rotatable bonds is 5. The molecule has 1 aromatic carbocycles. The highest BCUT2D eigenvalue weighted by Crippen LogP contribution is 2.22. The van der Waals surface area contributed by atoms with E-state index in [1.54, 1.807) is 6.08 Å². The van der Waals surface area contributed by atoms with Gasteiger partial charge in [-0.2, -0.15) is 0 Å². The number of benzene rings is 1. The largest absolute Gasteiger partial charge is 0.478 e. The lowest BCUT2D eigenvalue weighted by molar-refractivity contribution is -0.131. The SMILES string of the molecule is O=C(O)C=Cc1ccc(COC2CCCC2)cc1. The molecule has 1 N–H and O–H groups in total. The molecule has 1 aromatic rings. The molecule has 1 saturated carbocycles. The van der Waals surface area contributed by atoms with Crippen LogP contribution in [-0.2, 0) is 16.1 Å². The Kier molecular flexibility index (Phi) is 4.53. The quantitative estimate of drug-likeness (QED) is 0.811. The summed E-state index contributed by atoms with van der Waals surface area (Å²) >= 11 is 0. The molecule has 96 valence electrons. The van der Waals surface area contributed by atoms with E-state index >= 15 is 0 Å². The molecule has 0 atom stereocenters. The Morgan fingerprint density at radius 3 is 2.56 bits per heavy atom. The van der Waals surface area contributed by atoms with Crippen molar-refractivity contribution in [2.45, 2.75) is 38.4 Å². The molecule has 0 radical (unpaired) electrons. The van der Waals surface area contributed by atoms with Gasteiger partial charge in [0.25, 0.3) is 0 Å². The first kappa shape index (κ1) is 12.8. The normalized spacial score (nSPS) is 16.4. The van der Waals surface area contributed by atoms with Gasteiger partial charge in [0.15, 0.2) is 0 Å². The molecule has 0 unspecified atom stereocenters. The van der Waals surface area contributed by atoms with E-state index < -0.39 is 5.97 Å². The van der Waals surface area contributed by atoms with Crippen LogP contribution in [0.25, 0.3) is 6.08 Å². The van der Waals surface area contributed by atoms with Gasteiger partial charge in [-0.25, -0.2) is 4.79 Å². The molecule has 3 heteroatoms. The Hall–Kier alpha value is -1.61. The zero-order valence-electron chi connectivity index (χ0n) is 10.3. The van der Waals surface area contributed by atoms with E-state index in [-0.39, 0.29) is 0 Å². The number of carboxylic acid groups (broad SMARTS) is 1. The van der Waals surface area contributed by atoms with Gasteiger partial charge in [0.2, 0.25) is 0 Å². The van der Waals surface area contributed by atoms with Crippen LogP contribution in [0.5, 0.6) is 0 Å². The van der Waals surface area contributed by atoms with Crippen LogP contribution in [-0.4, -0.2) is 17.2 Å². The van der Waals surface area contributed by atoms with Gasteiger partial charge < -0.3 is 9.84 Å². The van der Waals surface area contributed by atoms with E-state index in [1.165, 1.54) is 25.7 Å². The first-order valence-corrected chi connectivity index (χ1v) is 6.35. The Morgan fingerprint density at radius 2 is 1.94 bits per heavy atom. The fourth-order valence-corrected chi connectivity index (χ4v) is 2.16. The molecule has 1 aliphatic carbocycles. The number of hydrogen-bond acceptors (Lipinski definition) is 2. The molecule has 0 bridgehead atoms. The van der Waals surface area contributed by atoms with Crippen molar-refractivity contribution in [3.05, 3.63) is 41.5 Å². The first-order chi connectivity index (χ1) is 8.74. The van der Waals surface area contributed by atoms with Crippen molar-refractivity contribution < 1.29 is 14.6 Å². The number of hydrogen-bond donors (Lipinski definition) is 1. The molecule has 3 nitrogen and oxygen atoms in total. The summed E-state index contributed by atoms with van der Waals surface area (Å²) in [6.07, 6.45) is 8.08. The van der Waals surface area contributed by atoms with Gasteiger partial charge in [-0.3, -0.25) is 0 Å². The maximum atomic E-state index is 10.4. The summed E-state index contributed by atoms with van der Waals surface area (Å²) in [5, 5.41) is 8.53. The summed E-state index contributed by atoms with van der Waals surface area (Å²) in [7, 11) is 0. The Labute approximate surface area is 107 Å². The van der Waals surface area contributed by atoms with E-state index in [2.05, 4.69) is 0 Å². The third kappa shape index (κ3) is 4.00. The molecule has 1 aliphatic rings. The summed E-state index contributed by atoms with van der Waals surface area (Å²) in [5.74, 6) is -0.927. The minimum absolute atomic E-state index is 0.427. The topological polar surface area (TPSA) is 46.5 Å². The summed E-state index contributed by atoms with van der Waals surface area (Å²) in [6.45, 7) is 0.646. The van der Waals surface area contributed by atoms with E-state index in [9.17, 15) is 4.79 Å². The van der Waals surface area contributed by atoms with Crippen molar-refractivity contribution in [2.75, 3.05) is 0 Å². The second-order valence-electron chi connectivity index (χ2n) is 4.63. The van der Waals surface area contributed by atoms with Crippen LogP contribution in [0.1, 0.15) is 36.8 Å². The van der Waals surface area contributed by atoms with Gasteiger partial charge in [0.1, 0.15) is 0 Å². The molecule has 0 heterocycles. The van der Waals surface area contributed by atoms with Crippen LogP contribution in [0, 0.1) is 0 Å². The van der Waals surface area contributed by atoms with Crippen LogP contribution >= 0.6 is 0 Å². The van der Waals surface area contributed by atoms with Crippen LogP contribution in [0.4, 0.5) is 0 Å².